The SMILES string of the molecule is NC(=O)OC1CCC(c2ncc(-c3ccc(Br)cc3SC3CC3)s2)CC1. The van der Waals surface area contributed by atoms with E-state index in [2.05, 4.69) is 34.1 Å². The van der Waals surface area contributed by atoms with E-state index in [1.165, 1.54) is 33.2 Å². The van der Waals surface area contributed by atoms with Crippen LogP contribution < -0.4 is 5.73 Å². The zero-order valence-corrected chi connectivity index (χ0v) is 17.5. The van der Waals surface area contributed by atoms with Crippen molar-refractivity contribution in [3.63, 3.8) is 0 Å². The highest BCUT2D eigenvalue weighted by Gasteiger charge is 2.27. The Labute approximate surface area is 170 Å². The third-order valence-electron chi connectivity index (χ3n) is 4.86. The Kier molecular flexibility index (Phi) is 5.57. The van der Waals surface area contributed by atoms with Crippen molar-refractivity contribution >= 4 is 45.1 Å². The molecule has 26 heavy (non-hydrogen) atoms. The topological polar surface area (TPSA) is 65.2 Å². The van der Waals surface area contributed by atoms with Gasteiger partial charge in [0.15, 0.2) is 0 Å². The standard InChI is InChI=1S/C19H21BrN2O2S2/c20-12-3-8-15(16(9-12)25-14-6-7-14)17-10-22-18(26-17)11-1-4-13(5-2-11)24-19(21)23/h3,8-11,13-14H,1-2,4-7H2,(H2,21,23). The van der Waals surface area contributed by atoms with E-state index in [-0.39, 0.29) is 6.10 Å². The quantitative estimate of drug-likeness (QED) is 0.608. The second-order valence-electron chi connectivity index (χ2n) is 6.93. The van der Waals surface area contributed by atoms with Crippen molar-refractivity contribution in [1.82, 2.24) is 4.98 Å². The van der Waals surface area contributed by atoms with Crippen LogP contribution >= 0.6 is 39.0 Å². The molecule has 2 fully saturated rings. The molecule has 2 aliphatic rings. The molecule has 2 aliphatic carbocycles. The van der Waals surface area contributed by atoms with Crippen molar-refractivity contribution in [2.45, 2.75) is 60.7 Å². The number of hydrogen-bond donors (Lipinski definition) is 1. The van der Waals surface area contributed by atoms with Gasteiger partial charge in [-0.05, 0) is 50.7 Å². The molecule has 4 nitrogen and oxygen atoms in total. The van der Waals surface area contributed by atoms with Crippen LogP contribution in [0.3, 0.4) is 0 Å². The molecule has 4 rings (SSSR count). The van der Waals surface area contributed by atoms with Gasteiger partial charge in [0.05, 0.1) is 9.88 Å². The summed E-state index contributed by atoms with van der Waals surface area (Å²) in [5.41, 5.74) is 6.41. The Morgan fingerprint density at radius 1 is 1.23 bits per heavy atom. The van der Waals surface area contributed by atoms with Crippen molar-refractivity contribution < 1.29 is 9.53 Å². The molecule has 0 aliphatic heterocycles. The van der Waals surface area contributed by atoms with Gasteiger partial charge in [-0.1, -0.05) is 22.0 Å². The Balaban J connectivity index is 1.48. The number of nitrogens with zero attached hydrogens (tertiary/aromatic N) is 1. The van der Waals surface area contributed by atoms with Gasteiger partial charge in [0, 0.05) is 32.3 Å². The Morgan fingerprint density at radius 3 is 2.69 bits per heavy atom. The summed E-state index contributed by atoms with van der Waals surface area (Å²) in [7, 11) is 0. The molecule has 1 aromatic carbocycles. The largest absolute Gasteiger partial charge is 0.446 e. The molecule has 1 aromatic heterocycles. The molecule has 0 unspecified atom stereocenters. The van der Waals surface area contributed by atoms with E-state index in [0.29, 0.717) is 5.92 Å². The summed E-state index contributed by atoms with van der Waals surface area (Å²) in [4.78, 5) is 18.2. The van der Waals surface area contributed by atoms with Crippen molar-refractivity contribution in [2.24, 2.45) is 5.73 Å². The van der Waals surface area contributed by atoms with E-state index < -0.39 is 6.09 Å². The summed E-state index contributed by atoms with van der Waals surface area (Å²) in [6.45, 7) is 0. The normalized spacial score (nSPS) is 23.0. The monoisotopic (exact) mass is 452 g/mol. The van der Waals surface area contributed by atoms with Crippen LogP contribution in [0.5, 0.6) is 0 Å². The van der Waals surface area contributed by atoms with Gasteiger partial charge < -0.3 is 10.5 Å². The van der Waals surface area contributed by atoms with E-state index in [1.54, 1.807) is 11.3 Å². The lowest BCUT2D eigenvalue weighted by Gasteiger charge is -2.26. The molecule has 1 heterocycles. The molecule has 0 bridgehead atoms. The fourth-order valence-corrected chi connectivity index (χ4v) is 6.29. The van der Waals surface area contributed by atoms with E-state index in [9.17, 15) is 4.79 Å². The van der Waals surface area contributed by atoms with E-state index in [0.717, 1.165) is 35.4 Å². The molecule has 0 radical (unpaired) electrons. The highest BCUT2D eigenvalue weighted by molar-refractivity contribution is 9.10. The summed E-state index contributed by atoms with van der Waals surface area (Å²) in [6.07, 6.45) is 7.68. The van der Waals surface area contributed by atoms with Crippen LogP contribution in [0.2, 0.25) is 0 Å². The van der Waals surface area contributed by atoms with Gasteiger partial charge in [0.25, 0.3) is 0 Å². The van der Waals surface area contributed by atoms with Crippen LogP contribution in [0.4, 0.5) is 4.79 Å². The lowest BCUT2D eigenvalue weighted by Crippen LogP contribution is -2.26. The maximum atomic E-state index is 10.9. The fraction of sp³-hybridized carbons (Fsp3) is 0.474. The first-order valence-electron chi connectivity index (χ1n) is 8.97. The maximum Gasteiger partial charge on any atom is 0.404 e. The molecule has 138 valence electrons. The zero-order chi connectivity index (χ0) is 18.1. The number of amides is 1. The summed E-state index contributed by atoms with van der Waals surface area (Å²) in [6, 6.07) is 6.53. The molecule has 2 aromatic rings. The number of aromatic nitrogens is 1. The highest BCUT2D eigenvalue weighted by atomic mass is 79.9. The molecular formula is C19H21BrN2O2S2. The average molecular weight is 453 g/mol. The first kappa shape index (κ1) is 18.3. The molecule has 0 atom stereocenters. The van der Waals surface area contributed by atoms with Gasteiger partial charge in [-0.25, -0.2) is 9.78 Å². The molecular weight excluding hydrogens is 432 g/mol. The van der Waals surface area contributed by atoms with Crippen LogP contribution in [0, 0.1) is 0 Å². The lowest BCUT2D eigenvalue weighted by molar-refractivity contribution is 0.0787. The number of nitrogens with two attached hydrogens (primary N) is 1. The third kappa shape index (κ3) is 4.43. The summed E-state index contributed by atoms with van der Waals surface area (Å²) < 4.78 is 6.26. The second-order valence-corrected chi connectivity index (χ2v) is 10.3. The molecule has 7 heteroatoms. The Morgan fingerprint density at radius 2 is 2.00 bits per heavy atom. The Bertz CT molecular complexity index is 799. The minimum absolute atomic E-state index is 0.0313. The number of hydrogen-bond acceptors (Lipinski definition) is 5. The van der Waals surface area contributed by atoms with Crippen molar-refractivity contribution in [3.8, 4) is 10.4 Å². The number of halogens is 1. The minimum Gasteiger partial charge on any atom is -0.446 e. The predicted molar refractivity (Wildman–Crippen MR) is 110 cm³/mol. The van der Waals surface area contributed by atoms with Crippen LogP contribution in [0.15, 0.2) is 33.8 Å². The van der Waals surface area contributed by atoms with Crippen LogP contribution in [0.1, 0.15) is 49.5 Å². The smallest absolute Gasteiger partial charge is 0.404 e. The molecule has 2 saturated carbocycles. The van der Waals surface area contributed by atoms with Crippen molar-refractivity contribution in [1.29, 1.82) is 0 Å². The number of ether oxygens (including phenoxy) is 1. The van der Waals surface area contributed by atoms with Crippen LogP contribution in [0.25, 0.3) is 10.4 Å². The van der Waals surface area contributed by atoms with Crippen molar-refractivity contribution in [3.05, 3.63) is 33.9 Å². The number of carbonyl (C=O) groups excluding carboxylic acids is 1. The summed E-state index contributed by atoms with van der Waals surface area (Å²) in [5, 5.41) is 1.97. The average Bonchev–Trinajstić information content (AvgIpc) is 3.29. The molecule has 0 spiro atoms. The number of rotatable bonds is 5. The zero-order valence-electron chi connectivity index (χ0n) is 14.3. The highest BCUT2D eigenvalue weighted by Crippen LogP contribution is 2.46. The van der Waals surface area contributed by atoms with Gasteiger partial charge >= 0.3 is 6.09 Å². The number of primary amides is 1. The van der Waals surface area contributed by atoms with Gasteiger partial charge in [0.2, 0.25) is 0 Å². The first-order valence-corrected chi connectivity index (χ1v) is 11.5. The number of carbonyl (C=O) groups is 1. The van der Waals surface area contributed by atoms with Gasteiger partial charge in [-0.3, -0.25) is 0 Å². The number of thioether (sulfide) groups is 1. The van der Waals surface area contributed by atoms with Crippen molar-refractivity contribution in [2.75, 3.05) is 0 Å². The minimum atomic E-state index is -0.666. The molecule has 1 amide bonds. The maximum absolute atomic E-state index is 10.9. The molecule has 2 N–H and O–H groups in total. The van der Waals surface area contributed by atoms with Gasteiger partial charge in [-0.2, -0.15) is 0 Å². The first-order chi connectivity index (χ1) is 12.6. The van der Waals surface area contributed by atoms with Gasteiger partial charge in [-0.15, -0.1) is 23.1 Å². The second kappa shape index (κ2) is 7.90. The van der Waals surface area contributed by atoms with Gasteiger partial charge in [0.1, 0.15) is 6.10 Å². The van der Waals surface area contributed by atoms with Crippen LogP contribution in [-0.4, -0.2) is 22.4 Å². The summed E-state index contributed by atoms with van der Waals surface area (Å²) in [5.74, 6) is 0.455. The third-order valence-corrected chi connectivity index (χ3v) is 7.94. The van der Waals surface area contributed by atoms with Crippen LogP contribution in [-0.2, 0) is 4.74 Å². The number of benzene rings is 1. The summed E-state index contributed by atoms with van der Waals surface area (Å²) >= 11 is 7.39. The van der Waals surface area contributed by atoms with E-state index >= 15 is 0 Å². The predicted octanol–water partition coefficient (Wildman–Crippen LogP) is 5.95. The Hall–Kier alpha value is -1.05. The van der Waals surface area contributed by atoms with E-state index in [1.807, 2.05) is 18.0 Å². The fourth-order valence-electron chi connectivity index (χ4n) is 3.36. The molecule has 0 saturated heterocycles. The lowest BCUT2D eigenvalue weighted by atomic mass is 9.88. The van der Waals surface area contributed by atoms with E-state index in [4.69, 9.17) is 15.5 Å². The number of thiazole rings is 1.